The van der Waals surface area contributed by atoms with Gasteiger partial charge in [-0.1, -0.05) is 0 Å². The average molecular weight is 140 g/mol. The molecule has 10 heavy (non-hydrogen) atoms. The lowest BCUT2D eigenvalue weighted by Crippen LogP contribution is -2.37. The summed E-state index contributed by atoms with van der Waals surface area (Å²) in [5.41, 5.74) is 4.52. The van der Waals surface area contributed by atoms with E-state index in [0.29, 0.717) is 12.8 Å². The summed E-state index contributed by atoms with van der Waals surface area (Å²) in [5.74, 6) is 0. The smallest absolute Gasteiger partial charge is 0.151 e. The number of hydrogen-bond acceptors (Lipinski definition) is 3. The van der Waals surface area contributed by atoms with Crippen LogP contribution in [-0.2, 0) is 0 Å². The van der Waals surface area contributed by atoms with Crippen LogP contribution in [0.2, 0.25) is 0 Å². The van der Waals surface area contributed by atoms with Crippen LogP contribution in [0.3, 0.4) is 0 Å². The highest BCUT2D eigenvalue weighted by Gasteiger charge is 2.31. The van der Waals surface area contributed by atoms with Crippen molar-refractivity contribution >= 4 is 0 Å². The molecule has 56 valence electrons. The monoisotopic (exact) mass is 140 g/mol. The Balaban J connectivity index is 2.48. The number of nitrogens with two attached hydrogens (primary N) is 1. The van der Waals surface area contributed by atoms with Gasteiger partial charge in [-0.2, -0.15) is 5.26 Å². The van der Waals surface area contributed by atoms with Crippen molar-refractivity contribution in [1.29, 1.82) is 5.26 Å². The van der Waals surface area contributed by atoms with Crippen molar-refractivity contribution < 1.29 is 5.11 Å². The highest BCUT2D eigenvalue weighted by atomic mass is 16.3. The van der Waals surface area contributed by atoms with Crippen molar-refractivity contribution in [3.63, 3.8) is 0 Å². The van der Waals surface area contributed by atoms with Crippen molar-refractivity contribution in [3.05, 3.63) is 0 Å². The largest absolute Gasteiger partial charge is 0.375 e. The Morgan fingerprint density at radius 2 is 2.00 bits per heavy atom. The minimum atomic E-state index is -1.07. The van der Waals surface area contributed by atoms with Crippen molar-refractivity contribution in [3.8, 4) is 6.07 Å². The van der Waals surface area contributed by atoms with Gasteiger partial charge in [-0.25, -0.2) is 0 Å². The normalized spacial score (nSPS) is 40.7. The lowest BCUT2D eigenvalue weighted by atomic mass is 9.84. The van der Waals surface area contributed by atoms with Gasteiger partial charge in [0.1, 0.15) is 0 Å². The zero-order chi connectivity index (χ0) is 7.61. The van der Waals surface area contributed by atoms with Crippen LogP contribution in [0.5, 0.6) is 0 Å². The topological polar surface area (TPSA) is 70.0 Å². The first-order valence-electron chi connectivity index (χ1n) is 3.55. The zero-order valence-corrected chi connectivity index (χ0v) is 5.88. The number of rotatable bonds is 0. The lowest BCUT2D eigenvalue weighted by molar-refractivity contribution is 0.0535. The third kappa shape index (κ3) is 1.47. The van der Waals surface area contributed by atoms with Gasteiger partial charge in [0.05, 0.1) is 6.07 Å². The van der Waals surface area contributed by atoms with Crippen LogP contribution in [-0.4, -0.2) is 16.7 Å². The average Bonchev–Trinajstić information content (AvgIpc) is 1.96. The van der Waals surface area contributed by atoms with E-state index in [1.165, 1.54) is 0 Å². The van der Waals surface area contributed by atoms with Gasteiger partial charge in [0.25, 0.3) is 0 Å². The molecule has 0 aromatic carbocycles. The molecule has 0 saturated heterocycles. The third-order valence-corrected chi connectivity index (χ3v) is 2.07. The molecule has 0 bridgehead atoms. The molecule has 0 heterocycles. The number of nitriles is 1. The van der Waals surface area contributed by atoms with Gasteiger partial charge in [-0.05, 0) is 25.7 Å². The lowest BCUT2D eigenvalue weighted by Gasteiger charge is -2.28. The molecule has 0 radical (unpaired) electrons. The van der Waals surface area contributed by atoms with Crippen LogP contribution in [0.1, 0.15) is 25.7 Å². The summed E-state index contributed by atoms with van der Waals surface area (Å²) in [6, 6.07) is 2.09. The van der Waals surface area contributed by atoms with Crippen molar-refractivity contribution in [2.75, 3.05) is 0 Å². The molecule has 0 aromatic heterocycles. The number of aliphatic hydroxyl groups is 1. The standard InChI is InChI=1S/C7H12N2O/c8-5-7(10)3-1-6(9)2-4-7/h6,10H,1-4,9H2. The van der Waals surface area contributed by atoms with Gasteiger partial charge in [-0.3, -0.25) is 0 Å². The Kier molecular flexibility index (Phi) is 1.93. The predicted octanol–water partition coefficient (Wildman–Crippen LogP) is 0.142. The summed E-state index contributed by atoms with van der Waals surface area (Å²) in [4.78, 5) is 0. The SMILES string of the molecule is N#CC1(O)CCC(N)CC1. The highest BCUT2D eigenvalue weighted by Crippen LogP contribution is 2.26. The zero-order valence-electron chi connectivity index (χ0n) is 5.88. The maximum absolute atomic E-state index is 9.38. The fraction of sp³-hybridized carbons (Fsp3) is 0.857. The molecule has 3 N–H and O–H groups in total. The quantitative estimate of drug-likeness (QED) is 0.470. The molecule has 0 unspecified atom stereocenters. The molecule has 3 heteroatoms. The van der Waals surface area contributed by atoms with Crippen LogP contribution in [0.15, 0.2) is 0 Å². The summed E-state index contributed by atoms with van der Waals surface area (Å²) < 4.78 is 0. The Bertz CT molecular complexity index is 153. The molecule has 1 saturated carbocycles. The van der Waals surface area contributed by atoms with Gasteiger partial charge in [0, 0.05) is 6.04 Å². The molecule has 1 fully saturated rings. The highest BCUT2D eigenvalue weighted by molar-refractivity contribution is 5.03. The molecule has 1 rings (SSSR count). The molecule has 3 nitrogen and oxygen atoms in total. The van der Waals surface area contributed by atoms with Gasteiger partial charge >= 0.3 is 0 Å². The Labute approximate surface area is 60.4 Å². The molecule has 0 spiro atoms. The third-order valence-electron chi connectivity index (χ3n) is 2.07. The van der Waals surface area contributed by atoms with Crippen molar-refractivity contribution in [1.82, 2.24) is 0 Å². The minimum Gasteiger partial charge on any atom is -0.375 e. The van der Waals surface area contributed by atoms with Crippen molar-refractivity contribution in [2.45, 2.75) is 37.3 Å². The number of hydrogen-bond donors (Lipinski definition) is 2. The van der Waals surface area contributed by atoms with Gasteiger partial charge in [0.2, 0.25) is 0 Å². The van der Waals surface area contributed by atoms with E-state index >= 15 is 0 Å². The number of nitrogens with zero attached hydrogens (tertiary/aromatic N) is 1. The fourth-order valence-corrected chi connectivity index (χ4v) is 1.23. The van der Waals surface area contributed by atoms with Crippen LogP contribution in [0.4, 0.5) is 0 Å². The van der Waals surface area contributed by atoms with Gasteiger partial charge < -0.3 is 10.8 Å². The van der Waals surface area contributed by atoms with Crippen LogP contribution >= 0.6 is 0 Å². The van der Waals surface area contributed by atoms with E-state index in [4.69, 9.17) is 11.0 Å². The fourth-order valence-electron chi connectivity index (χ4n) is 1.23. The second-order valence-corrected chi connectivity index (χ2v) is 2.98. The van der Waals surface area contributed by atoms with Crippen molar-refractivity contribution in [2.24, 2.45) is 5.73 Å². The Hall–Kier alpha value is -0.590. The summed E-state index contributed by atoms with van der Waals surface area (Å²) in [6.45, 7) is 0. The Morgan fingerprint density at radius 1 is 1.50 bits per heavy atom. The first-order chi connectivity index (χ1) is 4.66. The van der Waals surface area contributed by atoms with E-state index in [2.05, 4.69) is 0 Å². The predicted molar refractivity (Wildman–Crippen MR) is 37.0 cm³/mol. The molecule has 0 amide bonds. The Morgan fingerprint density at radius 3 is 2.40 bits per heavy atom. The molecule has 0 aromatic rings. The summed E-state index contributed by atoms with van der Waals surface area (Å²) in [6.07, 6.45) is 2.60. The minimum absolute atomic E-state index is 0.189. The van der Waals surface area contributed by atoms with Crippen LogP contribution in [0, 0.1) is 11.3 Å². The molecule has 1 aliphatic carbocycles. The second kappa shape index (κ2) is 2.57. The maximum Gasteiger partial charge on any atom is 0.151 e. The van der Waals surface area contributed by atoms with E-state index in [-0.39, 0.29) is 6.04 Å². The summed E-state index contributed by atoms with van der Waals surface area (Å²) in [5, 5.41) is 17.9. The molecular formula is C7H12N2O. The first kappa shape index (κ1) is 7.52. The van der Waals surface area contributed by atoms with Crippen LogP contribution in [0.25, 0.3) is 0 Å². The van der Waals surface area contributed by atoms with Gasteiger partial charge in [0.15, 0.2) is 5.60 Å². The first-order valence-corrected chi connectivity index (χ1v) is 3.55. The molecular weight excluding hydrogens is 128 g/mol. The van der Waals surface area contributed by atoms with E-state index in [9.17, 15) is 5.11 Å². The molecule has 0 atom stereocenters. The summed E-state index contributed by atoms with van der Waals surface area (Å²) in [7, 11) is 0. The van der Waals surface area contributed by atoms with E-state index in [0.717, 1.165) is 12.8 Å². The van der Waals surface area contributed by atoms with E-state index < -0.39 is 5.60 Å². The van der Waals surface area contributed by atoms with Gasteiger partial charge in [-0.15, -0.1) is 0 Å². The maximum atomic E-state index is 9.38. The summed E-state index contributed by atoms with van der Waals surface area (Å²) >= 11 is 0. The molecule has 0 aliphatic heterocycles. The van der Waals surface area contributed by atoms with E-state index in [1.807, 2.05) is 6.07 Å². The van der Waals surface area contributed by atoms with E-state index in [1.54, 1.807) is 0 Å². The van der Waals surface area contributed by atoms with Crippen LogP contribution < -0.4 is 5.73 Å². The second-order valence-electron chi connectivity index (χ2n) is 2.98. The molecule has 1 aliphatic rings.